The predicted molar refractivity (Wildman–Crippen MR) is 173 cm³/mol. The van der Waals surface area contributed by atoms with E-state index < -0.39 is 59.0 Å². The highest BCUT2D eigenvalue weighted by atomic mass is 19.4. The lowest BCUT2D eigenvalue weighted by molar-refractivity contribution is -0.145. The zero-order valence-corrected chi connectivity index (χ0v) is 29.3. The molecular formula is C36H40F9N5O3. The number of halogens is 9. The van der Waals surface area contributed by atoms with Gasteiger partial charge in [-0.1, -0.05) is 0 Å². The number of fused-ring (bicyclic) bond motifs is 1. The van der Waals surface area contributed by atoms with Crippen molar-refractivity contribution in [2.45, 2.75) is 102 Å². The van der Waals surface area contributed by atoms with Gasteiger partial charge in [0.2, 0.25) is 5.91 Å². The number of anilines is 1. The number of nitrogens with zero attached hydrogens (tertiary/aromatic N) is 5. The number of carbonyl (C=O) groups excluding carboxylic acids is 2. The van der Waals surface area contributed by atoms with Crippen molar-refractivity contribution in [3.8, 4) is 0 Å². The molecule has 0 saturated heterocycles. The number of hydrogen-bond donors (Lipinski definition) is 0. The van der Waals surface area contributed by atoms with Crippen LogP contribution < -0.4 is 4.90 Å². The van der Waals surface area contributed by atoms with Crippen molar-refractivity contribution in [3.05, 3.63) is 70.0 Å². The first-order valence-corrected chi connectivity index (χ1v) is 17.5. The molecule has 1 amide bonds. The molecule has 0 spiro atoms. The number of alkyl halides is 9. The first-order chi connectivity index (χ1) is 24.7. The van der Waals surface area contributed by atoms with Gasteiger partial charge in [-0.3, -0.25) is 9.59 Å². The molecule has 290 valence electrons. The molecule has 0 radical (unpaired) electrons. The van der Waals surface area contributed by atoms with Crippen LogP contribution in [0.1, 0.15) is 98.4 Å². The van der Waals surface area contributed by atoms with E-state index in [4.69, 9.17) is 4.74 Å². The molecule has 1 aromatic heterocycles. The van der Waals surface area contributed by atoms with Gasteiger partial charge in [0.15, 0.2) is 5.82 Å². The summed E-state index contributed by atoms with van der Waals surface area (Å²) in [6.07, 6.45) is -12.6. The van der Waals surface area contributed by atoms with E-state index in [0.29, 0.717) is 37.8 Å². The molecule has 3 aromatic rings. The maximum absolute atomic E-state index is 14.1. The van der Waals surface area contributed by atoms with Crippen molar-refractivity contribution < 1.29 is 53.8 Å². The maximum atomic E-state index is 14.1. The Kier molecular flexibility index (Phi) is 11.8. The summed E-state index contributed by atoms with van der Waals surface area (Å²) in [5.74, 6) is -2.17. The van der Waals surface area contributed by atoms with Gasteiger partial charge < -0.3 is 9.64 Å². The van der Waals surface area contributed by atoms with Crippen molar-refractivity contribution in [1.82, 2.24) is 20.2 Å². The Labute approximate surface area is 300 Å². The Morgan fingerprint density at radius 1 is 0.887 bits per heavy atom. The molecule has 2 heterocycles. The maximum Gasteiger partial charge on any atom is 0.416 e. The van der Waals surface area contributed by atoms with Crippen molar-refractivity contribution in [1.29, 1.82) is 0 Å². The van der Waals surface area contributed by atoms with Crippen molar-refractivity contribution >= 4 is 17.6 Å². The van der Waals surface area contributed by atoms with Gasteiger partial charge in [0.25, 0.3) is 0 Å². The summed E-state index contributed by atoms with van der Waals surface area (Å²) >= 11 is 0. The van der Waals surface area contributed by atoms with Crippen LogP contribution in [-0.4, -0.2) is 44.7 Å². The fraction of sp³-hybridized carbons (Fsp3) is 0.583. The molecule has 1 unspecified atom stereocenters. The smallest absolute Gasteiger partial charge is 0.416 e. The van der Waals surface area contributed by atoms with E-state index in [1.165, 1.54) is 18.0 Å². The molecule has 5 rings (SSSR count). The van der Waals surface area contributed by atoms with Crippen LogP contribution in [0.2, 0.25) is 0 Å². The van der Waals surface area contributed by atoms with E-state index >= 15 is 0 Å². The lowest BCUT2D eigenvalue weighted by Gasteiger charge is -2.44. The molecule has 0 N–H and O–H groups in total. The number of tetrazole rings is 1. The summed E-state index contributed by atoms with van der Waals surface area (Å²) in [5, 5.41) is 12.0. The Morgan fingerprint density at radius 3 is 2.06 bits per heavy atom. The molecule has 8 nitrogen and oxygen atoms in total. The molecule has 1 aliphatic heterocycles. The second-order valence-electron chi connectivity index (χ2n) is 14.0. The summed E-state index contributed by atoms with van der Waals surface area (Å²) in [7, 11) is 1.49. The number of hydrogen-bond acceptors (Lipinski definition) is 6. The minimum Gasteiger partial charge on any atom is -0.466 e. The van der Waals surface area contributed by atoms with Gasteiger partial charge in [-0.2, -0.15) is 44.3 Å². The van der Waals surface area contributed by atoms with E-state index in [-0.39, 0.29) is 85.2 Å². The third-order valence-electron chi connectivity index (χ3n) is 10.3. The summed E-state index contributed by atoms with van der Waals surface area (Å²) < 4.78 is 129. The minimum atomic E-state index is -5.05. The molecule has 2 aliphatic rings. The highest BCUT2D eigenvalue weighted by Gasteiger charge is 2.43. The topological polar surface area (TPSA) is 90.2 Å². The molecule has 0 bridgehead atoms. The SMILES string of the molecule is CCOC(=O)CC1CCC(C(=O)N2c3ccc(C(F)(F)F)cc3[C@@H](C(CCc3cc(C(F)(F)F)cc(C(F)(F)F)c3)Cc3nnn(C)n3)C[C@H]2C)CC1. The van der Waals surface area contributed by atoms with Crippen LogP contribution in [0.5, 0.6) is 0 Å². The normalized spacial score (nSPS) is 21.6. The van der Waals surface area contributed by atoms with Gasteiger partial charge >= 0.3 is 24.5 Å². The summed E-state index contributed by atoms with van der Waals surface area (Å²) in [5.41, 5.74) is -3.69. The zero-order chi connectivity index (χ0) is 38.9. The highest BCUT2D eigenvalue weighted by Crippen LogP contribution is 2.48. The second kappa shape index (κ2) is 15.7. The van der Waals surface area contributed by atoms with Gasteiger partial charge in [0.1, 0.15) is 0 Å². The molecule has 1 saturated carbocycles. The van der Waals surface area contributed by atoms with Gasteiger partial charge in [-0.15, -0.1) is 10.2 Å². The van der Waals surface area contributed by atoms with Crippen molar-refractivity contribution in [2.24, 2.45) is 24.8 Å². The van der Waals surface area contributed by atoms with Crippen LogP contribution in [0.3, 0.4) is 0 Å². The molecule has 1 fully saturated rings. The Balaban J connectivity index is 1.49. The Hall–Kier alpha value is -4.18. The first-order valence-electron chi connectivity index (χ1n) is 17.5. The van der Waals surface area contributed by atoms with E-state index in [1.54, 1.807) is 13.8 Å². The number of amides is 1. The van der Waals surface area contributed by atoms with E-state index in [2.05, 4.69) is 15.4 Å². The highest BCUT2D eigenvalue weighted by molar-refractivity contribution is 5.97. The number of aromatic nitrogens is 4. The third-order valence-corrected chi connectivity index (χ3v) is 10.3. The average Bonchev–Trinajstić information content (AvgIpc) is 3.49. The van der Waals surface area contributed by atoms with Crippen LogP contribution in [-0.2, 0) is 52.7 Å². The van der Waals surface area contributed by atoms with Crippen LogP contribution in [0.15, 0.2) is 36.4 Å². The fourth-order valence-corrected chi connectivity index (χ4v) is 7.73. The standard InChI is InChI=1S/C36H40F9N5O3/c1-4-53-32(51)16-21-5-8-23(9-6-21)33(52)50-20(2)13-28(29-19-25(34(37,38)39)11-12-30(29)50)24(17-31-46-48-49(3)47-31)10-7-22-14-26(35(40,41)42)18-27(15-22)36(43,44)45/h11-12,14-15,18-21,23-24,28H,4-10,13,16-17H2,1-3H3/t20-,21?,23?,24?,28-/m1/s1. The molecule has 1 aliphatic carbocycles. The Morgan fingerprint density at radius 2 is 1.51 bits per heavy atom. The van der Waals surface area contributed by atoms with Crippen molar-refractivity contribution in [2.75, 3.05) is 11.5 Å². The monoisotopic (exact) mass is 761 g/mol. The number of carbonyl (C=O) groups is 2. The lowest BCUT2D eigenvalue weighted by Crippen LogP contribution is -2.47. The van der Waals surface area contributed by atoms with Gasteiger partial charge in [-0.25, -0.2) is 0 Å². The number of benzene rings is 2. The minimum absolute atomic E-state index is 0.00439. The van der Waals surface area contributed by atoms with Crippen LogP contribution in [0.25, 0.3) is 0 Å². The van der Waals surface area contributed by atoms with Crippen molar-refractivity contribution in [3.63, 3.8) is 0 Å². The Bertz CT molecular complexity index is 1730. The summed E-state index contributed by atoms with van der Waals surface area (Å²) in [4.78, 5) is 28.8. The van der Waals surface area contributed by atoms with E-state index in [0.717, 1.165) is 16.9 Å². The molecule has 2 aromatic carbocycles. The predicted octanol–water partition coefficient (Wildman–Crippen LogP) is 8.73. The van der Waals surface area contributed by atoms with Gasteiger partial charge in [-0.05, 0) is 129 Å². The van der Waals surface area contributed by atoms with Gasteiger partial charge in [0, 0.05) is 30.5 Å². The van der Waals surface area contributed by atoms with E-state index in [1.807, 2.05) is 0 Å². The molecule has 17 heteroatoms. The quantitative estimate of drug-likeness (QED) is 0.152. The second-order valence-corrected chi connectivity index (χ2v) is 14.0. The molecule has 3 atom stereocenters. The number of aryl methyl sites for hydroxylation is 2. The number of rotatable bonds is 10. The number of esters is 1. The first kappa shape index (κ1) is 40.0. The van der Waals surface area contributed by atoms with Crippen LogP contribution >= 0.6 is 0 Å². The largest absolute Gasteiger partial charge is 0.466 e. The zero-order valence-electron chi connectivity index (χ0n) is 29.3. The number of ether oxygens (including phenoxy) is 1. The fourth-order valence-electron chi connectivity index (χ4n) is 7.73. The average molecular weight is 762 g/mol. The molecular weight excluding hydrogens is 721 g/mol. The van der Waals surface area contributed by atoms with Crippen LogP contribution in [0, 0.1) is 17.8 Å². The third kappa shape index (κ3) is 9.68. The summed E-state index contributed by atoms with van der Waals surface area (Å²) in [6, 6.07) is 3.93. The lowest BCUT2D eigenvalue weighted by atomic mass is 9.73. The van der Waals surface area contributed by atoms with Crippen LogP contribution in [0.4, 0.5) is 45.2 Å². The molecule has 53 heavy (non-hydrogen) atoms. The summed E-state index contributed by atoms with van der Waals surface area (Å²) in [6.45, 7) is 3.74. The van der Waals surface area contributed by atoms with Gasteiger partial charge in [0.05, 0.1) is 30.3 Å². The van der Waals surface area contributed by atoms with E-state index in [9.17, 15) is 49.1 Å².